The second kappa shape index (κ2) is 4.11. The van der Waals surface area contributed by atoms with Crippen LogP contribution in [0.5, 0.6) is 0 Å². The smallest absolute Gasteiger partial charge is 0.411 e. The number of Topliss-reactive ketones (excluding diaryl/α,β-unsaturated/α-hetero) is 1. The van der Waals surface area contributed by atoms with Crippen LogP contribution in [-0.4, -0.2) is 18.5 Å². The summed E-state index contributed by atoms with van der Waals surface area (Å²) in [6.45, 7) is 8.41. The van der Waals surface area contributed by atoms with Crippen LogP contribution in [-0.2, 0) is 9.53 Å². The maximum Gasteiger partial charge on any atom is 0.411 e. The summed E-state index contributed by atoms with van der Waals surface area (Å²) in [4.78, 5) is 23.7. The molecule has 100 valence electrons. The lowest BCUT2D eigenvalue weighted by molar-refractivity contribution is -0.125. The predicted molar refractivity (Wildman–Crippen MR) is 67.9 cm³/mol. The molecule has 0 aromatic rings. The number of ketones is 1. The summed E-state index contributed by atoms with van der Waals surface area (Å²) in [5.41, 5.74) is 0.452. The van der Waals surface area contributed by atoms with Crippen molar-refractivity contribution in [1.29, 1.82) is 0 Å². The molecule has 0 aromatic carbocycles. The molecule has 2 bridgehead atoms. The fourth-order valence-electron chi connectivity index (χ4n) is 3.40. The molecule has 2 atom stereocenters. The van der Waals surface area contributed by atoms with Crippen LogP contribution in [0.1, 0.15) is 40.5 Å². The first-order valence-corrected chi connectivity index (χ1v) is 6.52. The van der Waals surface area contributed by atoms with Gasteiger partial charge in [-0.1, -0.05) is 20.8 Å². The van der Waals surface area contributed by atoms with Crippen molar-refractivity contribution in [3.63, 3.8) is 0 Å². The maximum absolute atomic E-state index is 12.4. The van der Waals surface area contributed by atoms with E-state index in [0.717, 1.165) is 18.4 Å². The molecular formula is C14H21NO3. The van der Waals surface area contributed by atoms with Gasteiger partial charge in [-0.15, -0.1) is 0 Å². The molecule has 2 aliphatic rings. The van der Waals surface area contributed by atoms with Gasteiger partial charge in [0.2, 0.25) is 0 Å². The minimum atomic E-state index is -0.497. The number of amides is 1. The monoisotopic (exact) mass is 251 g/mol. The van der Waals surface area contributed by atoms with Crippen LogP contribution in [0.25, 0.3) is 0 Å². The van der Waals surface area contributed by atoms with Crippen LogP contribution in [0.4, 0.5) is 4.79 Å². The summed E-state index contributed by atoms with van der Waals surface area (Å²) in [5.74, 6) is 0.428. The van der Waals surface area contributed by atoms with Gasteiger partial charge in [0.1, 0.15) is 0 Å². The van der Waals surface area contributed by atoms with Crippen LogP contribution < -0.4 is 5.32 Å². The molecule has 0 saturated heterocycles. The Hall–Kier alpha value is -1.32. The average molecular weight is 251 g/mol. The van der Waals surface area contributed by atoms with E-state index >= 15 is 0 Å². The molecule has 2 rings (SSSR count). The van der Waals surface area contributed by atoms with Gasteiger partial charge in [-0.2, -0.15) is 0 Å². The molecule has 0 aromatic heterocycles. The van der Waals surface area contributed by atoms with Crippen molar-refractivity contribution < 1.29 is 14.3 Å². The Morgan fingerprint density at radius 1 is 1.50 bits per heavy atom. The van der Waals surface area contributed by atoms with Crippen molar-refractivity contribution >= 4 is 11.9 Å². The zero-order chi connectivity index (χ0) is 13.6. The third kappa shape index (κ3) is 1.58. The van der Waals surface area contributed by atoms with Gasteiger partial charge in [0.15, 0.2) is 5.78 Å². The number of carbonyl (C=O) groups excluding carboxylic acids is 2. The first-order valence-electron chi connectivity index (χ1n) is 6.52. The molecule has 0 aliphatic heterocycles. The third-order valence-electron chi connectivity index (χ3n) is 4.99. The predicted octanol–water partition coefficient (Wildman–Crippen LogP) is 2.64. The normalized spacial score (nSPS) is 35.0. The van der Waals surface area contributed by atoms with Crippen LogP contribution in [0.2, 0.25) is 0 Å². The Kier molecular flexibility index (Phi) is 2.99. The van der Waals surface area contributed by atoms with E-state index in [1.165, 1.54) is 0 Å². The van der Waals surface area contributed by atoms with Crippen LogP contribution in [0, 0.1) is 16.7 Å². The molecule has 0 radical (unpaired) electrons. The van der Waals surface area contributed by atoms with E-state index in [1.807, 2.05) is 6.92 Å². The van der Waals surface area contributed by atoms with Gasteiger partial charge in [0.05, 0.1) is 6.61 Å². The van der Waals surface area contributed by atoms with E-state index in [1.54, 1.807) is 13.1 Å². The third-order valence-corrected chi connectivity index (χ3v) is 4.99. The zero-order valence-corrected chi connectivity index (χ0v) is 11.5. The number of alkyl carbamates (subject to hydrolysis) is 1. The molecule has 18 heavy (non-hydrogen) atoms. The van der Waals surface area contributed by atoms with E-state index in [9.17, 15) is 9.59 Å². The number of ether oxygens (including phenoxy) is 1. The maximum atomic E-state index is 12.4. The molecule has 2 aliphatic carbocycles. The van der Waals surface area contributed by atoms with Gasteiger partial charge in [-0.25, -0.2) is 4.79 Å². The van der Waals surface area contributed by atoms with Crippen LogP contribution >= 0.6 is 0 Å². The molecule has 1 N–H and O–H groups in total. The lowest BCUT2D eigenvalue weighted by Crippen LogP contribution is -2.32. The lowest BCUT2D eigenvalue weighted by atomic mass is 9.70. The van der Waals surface area contributed by atoms with Gasteiger partial charge in [0.25, 0.3) is 0 Å². The molecule has 1 amide bonds. The quantitative estimate of drug-likeness (QED) is 0.768. The zero-order valence-electron chi connectivity index (χ0n) is 11.5. The minimum absolute atomic E-state index is 0.0216. The molecular weight excluding hydrogens is 230 g/mol. The number of hydrogen-bond donors (Lipinski definition) is 1. The Morgan fingerprint density at radius 2 is 2.17 bits per heavy atom. The van der Waals surface area contributed by atoms with Gasteiger partial charge in [-0.3, -0.25) is 10.1 Å². The Balaban J connectivity index is 2.20. The highest BCUT2D eigenvalue weighted by Gasteiger charge is 2.63. The summed E-state index contributed by atoms with van der Waals surface area (Å²) in [7, 11) is 0. The molecule has 4 nitrogen and oxygen atoms in total. The minimum Gasteiger partial charge on any atom is -0.450 e. The first-order chi connectivity index (χ1) is 8.34. The summed E-state index contributed by atoms with van der Waals surface area (Å²) in [5, 5.41) is 2.55. The topological polar surface area (TPSA) is 55.4 Å². The number of carbonyl (C=O) groups is 2. The average Bonchev–Trinajstić information content (AvgIpc) is 2.60. The van der Waals surface area contributed by atoms with Crippen molar-refractivity contribution in [3.05, 3.63) is 11.8 Å². The highest BCUT2D eigenvalue weighted by Crippen LogP contribution is 2.65. The molecule has 4 heteroatoms. The van der Waals surface area contributed by atoms with Crippen LogP contribution in [0.15, 0.2) is 11.8 Å². The summed E-state index contributed by atoms with van der Waals surface area (Å²) in [6.07, 6.45) is 3.02. The molecule has 0 heterocycles. The van der Waals surface area contributed by atoms with E-state index in [-0.39, 0.29) is 22.5 Å². The number of rotatable bonds is 2. The number of nitrogens with one attached hydrogen (secondary N) is 1. The Labute approximate surface area is 108 Å². The molecule has 2 saturated carbocycles. The van der Waals surface area contributed by atoms with E-state index in [4.69, 9.17) is 4.74 Å². The largest absolute Gasteiger partial charge is 0.450 e. The molecule has 0 unspecified atom stereocenters. The second-order valence-corrected chi connectivity index (χ2v) is 5.94. The fourth-order valence-corrected chi connectivity index (χ4v) is 3.40. The molecule has 2 fully saturated rings. The van der Waals surface area contributed by atoms with Gasteiger partial charge < -0.3 is 4.74 Å². The Morgan fingerprint density at radius 3 is 2.67 bits per heavy atom. The van der Waals surface area contributed by atoms with Gasteiger partial charge >= 0.3 is 6.09 Å². The van der Waals surface area contributed by atoms with E-state index < -0.39 is 6.09 Å². The van der Waals surface area contributed by atoms with Crippen molar-refractivity contribution in [3.8, 4) is 0 Å². The number of hydrogen-bond acceptors (Lipinski definition) is 3. The lowest BCUT2D eigenvalue weighted by Gasteiger charge is -2.31. The number of fused-ring (bicyclic) bond motifs is 2. The number of allylic oxidation sites excluding steroid dienone is 1. The highest BCUT2D eigenvalue weighted by atomic mass is 16.5. The van der Waals surface area contributed by atoms with E-state index in [2.05, 4.69) is 19.2 Å². The van der Waals surface area contributed by atoms with Crippen molar-refractivity contribution in [2.45, 2.75) is 40.5 Å². The van der Waals surface area contributed by atoms with Gasteiger partial charge in [0, 0.05) is 17.2 Å². The summed E-state index contributed by atoms with van der Waals surface area (Å²) in [6, 6.07) is 0. The van der Waals surface area contributed by atoms with Gasteiger partial charge in [-0.05, 0) is 31.1 Å². The van der Waals surface area contributed by atoms with Crippen molar-refractivity contribution in [2.24, 2.45) is 16.7 Å². The fraction of sp³-hybridized carbons (Fsp3) is 0.714. The highest BCUT2D eigenvalue weighted by molar-refractivity contribution is 6.04. The standard InChI is InChI=1S/C14H21NO3/c1-5-18-12(17)15-8-9-10-6-7-14(4,11(9)16)13(10,2)3/h8,10H,5-7H2,1-4H3,(H,15,17)/b9-8-/t10-,14-/m0/s1. The Bertz CT molecular complexity index is 425. The molecule has 0 spiro atoms. The van der Waals surface area contributed by atoms with Crippen molar-refractivity contribution in [1.82, 2.24) is 5.32 Å². The van der Waals surface area contributed by atoms with E-state index in [0.29, 0.717) is 6.61 Å². The van der Waals surface area contributed by atoms with Crippen molar-refractivity contribution in [2.75, 3.05) is 6.61 Å². The summed E-state index contributed by atoms with van der Waals surface area (Å²) < 4.78 is 4.79. The van der Waals surface area contributed by atoms with Crippen LogP contribution in [0.3, 0.4) is 0 Å². The second-order valence-electron chi connectivity index (χ2n) is 5.94. The SMILES string of the molecule is CCOC(=O)N/C=C1\C(=O)[C@]2(C)CC[C@@H]1C2(C)C. The summed E-state index contributed by atoms with van der Waals surface area (Å²) >= 11 is 0. The first kappa shape index (κ1) is 13.1.